The summed E-state index contributed by atoms with van der Waals surface area (Å²) in [4.78, 5) is 15.8. The van der Waals surface area contributed by atoms with Crippen LogP contribution in [0.15, 0.2) is 54.6 Å². The van der Waals surface area contributed by atoms with Crippen LogP contribution in [0.5, 0.6) is 11.5 Å². The Morgan fingerprint density at radius 3 is 2.52 bits per heavy atom. The molecular formula is C25H27N3O3. The zero-order chi connectivity index (χ0) is 21.4. The third kappa shape index (κ3) is 3.67. The van der Waals surface area contributed by atoms with Gasteiger partial charge < -0.3 is 14.4 Å². The Hall–Kier alpha value is -3.28. The third-order valence-electron chi connectivity index (χ3n) is 6.25. The second kappa shape index (κ2) is 8.10. The summed E-state index contributed by atoms with van der Waals surface area (Å²) in [6.07, 6.45) is 4.13. The molecule has 1 atom stereocenters. The number of nitrogens with zero attached hydrogens (tertiary/aromatic N) is 3. The molecule has 2 aliphatic rings. The summed E-state index contributed by atoms with van der Waals surface area (Å²) in [6.45, 7) is 0.711. The van der Waals surface area contributed by atoms with Crippen molar-refractivity contribution < 1.29 is 14.3 Å². The molecule has 5 rings (SSSR count). The first kappa shape index (κ1) is 19.7. The van der Waals surface area contributed by atoms with Crippen LogP contribution in [-0.4, -0.2) is 41.4 Å². The second-order valence-electron chi connectivity index (χ2n) is 8.24. The van der Waals surface area contributed by atoms with Gasteiger partial charge in [-0.25, -0.2) is 4.68 Å². The van der Waals surface area contributed by atoms with Crippen LogP contribution in [0.2, 0.25) is 0 Å². The Labute approximate surface area is 182 Å². The molecule has 31 heavy (non-hydrogen) atoms. The van der Waals surface area contributed by atoms with Gasteiger partial charge in [0.15, 0.2) is 0 Å². The van der Waals surface area contributed by atoms with E-state index in [9.17, 15) is 4.79 Å². The van der Waals surface area contributed by atoms with Crippen molar-refractivity contribution in [1.82, 2.24) is 14.7 Å². The number of ether oxygens (including phenoxy) is 2. The first-order chi connectivity index (χ1) is 15.2. The summed E-state index contributed by atoms with van der Waals surface area (Å²) in [5.41, 5.74) is 3.54. The summed E-state index contributed by atoms with van der Waals surface area (Å²) < 4.78 is 12.9. The summed E-state index contributed by atoms with van der Waals surface area (Å²) in [5, 5.41) is 4.82. The second-order valence-corrected chi connectivity index (χ2v) is 8.24. The molecule has 1 aliphatic heterocycles. The van der Waals surface area contributed by atoms with Gasteiger partial charge in [0.25, 0.3) is 5.91 Å². The Balaban J connectivity index is 1.53. The highest BCUT2D eigenvalue weighted by Gasteiger charge is 2.36. The first-order valence-electron chi connectivity index (χ1n) is 10.9. The number of hydrogen-bond donors (Lipinski definition) is 0. The number of amides is 1. The Morgan fingerprint density at radius 2 is 1.81 bits per heavy atom. The molecule has 2 aromatic carbocycles. The number of carbonyl (C=O) groups excluding carboxylic acids is 1. The van der Waals surface area contributed by atoms with Gasteiger partial charge in [-0.1, -0.05) is 18.2 Å². The van der Waals surface area contributed by atoms with Gasteiger partial charge in [0.2, 0.25) is 0 Å². The Bertz CT molecular complexity index is 1090. The predicted molar refractivity (Wildman–Crippen MR) is 118 cm³/mol. The standard InChI is InChI=1S/C25H27N3O3/c1-30-19-12-13-24(31-2)20(15-19)22-9-6-14-27(22)25(29)23-16-21(17-10-11-17)26-28(23)18-7-4-3-5-8-18/h3-5,7-8,12-13,15-17,22H,6,9-11,14H2,1-2H3/t22-/m0/s1. The van der Waals surface area contributed by atoms with Crippen LogP contribution >= 0.6 is 0 Å². The minimum Gasteiger partial charge on any atom is -0.497 e. The molecule has 6 nitrogen and oxygen atoms in total. The summed E-state index contributed by atoms with van der Waals surface area (Å²) >= 11 is 0. The molecule has 1 aliphatic carbocycles. The van der Waals surface area contributed by atoms with Crippen LogP contribution < -0.4 is 9.47 Å². The Kier molecular flexibility index (Phi) is 5.14. The number of aromatic nitrogens is 2. The molecule has 0 radical (unpaired) electrons. The van der Waals surface area contributed by atoms with Crippen LogP contribution in [0.1, 0.15) is 59.4 Å². The van der Waals surface area contributed by atoms with Gasteiger partial charge >= 0.3 is 0 Å². The van der Waals surface area contributed by atoms with Crippen LogP contribution in [0, 0.1) is 0 Å². The normalized spacial score (nSPS) is 18.3. The minimum atomic E-state index is -0.0546. The average Bonchev–Trinajstić information content (AvgIpc) is 3.38. The molecule has 0 unspecified atom stereocenters. The van der Waals surface area contributed by atoms with Crippen molar-refractivity contribution in [2.45, 2.75) is 37.6 Å². The van der Waals surface area contributed by atoms with Gasteiger partial charge in [0.05, 0.1) is 31.6 Å². The SMILES string of the molecule is COc1ccc(OC)c([C@@H]2CCCN2C(=O)c2cc(C3CC3)nn2-c2ccccc2)c1. The molecule has 2 fully saturated rings. The van der Waals surface area contributed by atoms with E-state index in [1.807, 2.05) is 64.2 Å². The highest BCUT2D eigenvalue weighted by atomic mass is 16.5. The van der Waals surface area contributed by atoms with Crippen molar-refractivity contribution in [2.75, 3.05) is 20.8 Å². The molecule has 0 spiro atoms. The highest BCUT2D eigenvalue weighted by Crippen LogP contribution is 2.42. The zero-order valence-electron chi connectivity index (χ0n) is 18.0. The smallest absolute Gasteiger partial charge is 0.273 e. The molecule has 1 aromatic heterocycles. The predicted octanol–water partition coefficient (Wildman–Crippen LogP) is 4.74. The van der Waals surface area contributed by atoms with E-state index < -0.39 is 0 Å². The van der Waals surface area contributed by atoms with Crippen molar-refractivity contribution in [1.29, 1.82) is 0 Å². The largest absolute Gasteiger partial charge is 0.497 e. The van der Waals surface area contributed by atoms with Gasteiger partial charge in [-0.05, 0) is 62.1 Å². The molecular weight excluding hydrogens is 390 g/mol. The van der Waals surface area contributed by atoms with Crippen LogP contribution in [0.25, 0.3) is 5.69 Å². The minimum absolute atomic E-state index is 0.00984. The zero-order valence-corrected chi connectivity index (χ0v) is 18.0. The molecule has 1 saturated heterocycles. The maximum atomic E-state index is 13.8. The maximum absolute atomic E-state index is 13.8. The molecule has 0 bridgehead atoms. The molecule has 0 N–H and O–H groups in total. The van der Waals surface area contributed by atoms with E-state index in [0.717, 1.165) is 54.1 Å². The maximum Gasteiger partial charge on any atom is 0.273 e. The number of para-hydroxylation sites is 1. The monoisotopic (exact) mass is 417 g/mol. The lowest BCUT2D eigenvalue weighted by molar-refractivity contribution is 0.0724. The lowest BCUT2D eigenvalue weighted by Crippen LogP contribution is -2.32. The van der Waals surface area contributed by atoms with Gasteiger partial charge in [-0.3, -0.25) is 4.79 Å². The van der Waals surface area contributed by atoms with Gasteiger partial charge in [-0.15, -0.1) is 0 Å². The van der Waals surface area contributed by atoms with Crippen molar-refractivity contribution in [3.63, 3.8) is 0 Å². The molecule has 2 heterocycles. The van der Waals surface area contributed by atoms with E-state index in [1.165, 1.54) is 0 Å². The van der Waals surface area contributed by atoms with E-state index in [4.69, 9.17) is 14.6 Å². The van der Waals surface area contributed by atoms with Gasteiger partial charge in [-0.2, -0.15) is 5.10 Å². The number of carbonyl (C=O) groups is 1. The quantitative estimate of drug-likeness (QED) is 0.581. The van der Waals surface area contributed by atoms with E-state index in [0.29, 0.717) is 18.2 Å². The van der Waals surface area contributed by atoms with Gasteiger partial charge in [0, 0.05) is 18.0 Å². The number of rotatable bonds is 6. The fraction of sp³-hybridized carbons (Fsp3) is 0.360. The third-order valence-corrected chi connectivity index (χ3v) is 6.25. The summed E-state index contributed by atoms with van der Waals surface area (Å²) in [5.74, 6) is 2.03. The highest BCUT2D eigenvalue weighted by molar-refractivity contribution is 5.94. The van der Waals surface area contributed by atoms with E-state index in [-0.39, 0.29) is 11.9 Å². The average molecular weight is 418 g/mol. The Morgan fingerprint density at radius 1 is 1.00 bits per heavy atom. The fourth-order valence-corrected chi connectivity index (χ4v) is 4.48. The summed E-state index contributed by atoms with van der Waals surface area (Å²) in [6, 6.07) is 17.6. The van der Waals surface area contributed by atoms with Crippen molar-refractivity contribution >= 4 is 5.91 Å². The van der Waals surface area contributed by atoms with Crippen LogP contribution in [0.4, 0.5) is 0 Å². The lowest BCUT2D eigenvalue weighted by atomic mass is 10.0. The van der Waals surface area contributed by atoms with Crippen LogP contribution in [-0.2, 0) is 0 Å². The lowest BCUT2D eigenvalue weighted by Gasteiger charge is -2.27. The molecule has 160 valence electrons. The fourth-order valence-electron chi connectivity index (χ4n) is 4.48. The van der Waals surface area contributed by atoms with E-state index in [1.54, 1.807) is 14.2 Å². The van der Waals surface area contributed by atoms with Gasteiger partial charge in [0.1, 0.15) is 17.2 Å². The molecule has 3 aromatic rings. The summed E-state index contributed by atoms with van der Waals surface area (Å²) in [7, 11) is 3.32. The number of methoxy groups -OCH3 is 2. The van der Waals surface area contributed by atoms with Crippen LogP contribution in [0.3, 0.4) is 0 Å². The van der Waals surface area contributed by atoms with Crippen molar-refractivity contribution in [3.05, 3.63) is 71.5 Å². The van der Waals surface area contributed by atoms with Crippen molar-refractivity contribution in [3.8, 4) is 17.2 Å². The number of benzene rings is 2. The molecule has 6 heteroatoms. The number of likely N-dealkylation sites (tertiary alicyclic amines) is 1. The number of hydrogen-bond acceptors (Lipinski definition) is 4. The van der Waals surface area contributed by atoms with E-state index >= 15 is 0 Å². The first-order valence-corrected chi connectivity index (χ1v) is 10.9. The molecule has 1 saturated carbocycles. The molecule has 1 amide bonds. The van der Waals surface area contributed by atoms with E-state index in [2.05, 4.69) is 0 Å². The van der Waals surface area contributed by atoms with Crippen molar-refractivity contribution in [2.24, 2.45) is 0 Å². The topological polar surface area (TPSA) is 56.6 Å².